The highest BCUT2D eigenvalue weighted by atomic mass is 35.5. The molecule has 0 saturated carbocycles. The fourth-order valence-electron chi connectivity index (χ4n) is 2.13. The second-order valence-electron chi connectivity index (χ2n) is 4.33. The van der Waals surface area contributed by atoms with Crippen molar-refractivity contribution in [1.29, 1.82) is 0 Å². The number of hydrogen-bond donors (Lipinski definition) is 0. The Kier molecular flexibility index (Phi) is 6.86. The van der Waals surface area contributed by atoms with E-state index in [1.165, 1.54) is 23.5 Å². The molecule has 0 saturated heterocycles. The third kappa shape index (κ3) is 3.52. The number of halogens is 2. The minimum atomic E-state index is -0.519. The van der Waals surface area contributed by atoms with Gasteiger partial charge in [-0.15, -0.1) is 0 Å². The van der Waals surface area contributed by atoms with Gasteiger partial charge in [0.1, 0.15) is 11.0 Å². The smallest absolute Gasteiger partial charge is 0.153 e. The van der Waals surface area contributed by atoms with Crippen LogP contribution < -0.4 is 0 Å². The Labute approximate surface area is 158 Å². The summed E-state index contributed by atoms with van der Waals surface area (Å²) in [6.07, 6.45) is 5.17. The van der Waals surface area contributed by atoms with Gasteiger partial charge in [0.2, 0.25) is 0 Å². The SMILES string of the molecule is C=C/C=C(\SC=C)c1c(Cl)c(F)c(/C(=C/C)SC=C)c2nsnc12. The van der Waals surface area contributed by atoms with Gasteiger partial charge in [0.25, 0.3) is 0 Å². The van der Waals surface area contributed by atoms with Crippen LogP contribution in [-0.2, 0) is 0 Å². The number of rotatable bonds is 7. The zero-order chi connectivity index (χ0) is 17.7. The molecule has 0 radical (unpaired) electrons. The van der Waals surface area contributed by atoms with Crippen molar-refractivity contribution in [3.63, 3.8) is 0 Å². The fraction of sp³-hybridized carbons (Fsp3) is 0.0588. The summed E-state index contributed by atoms with van der Waals surface area (Å²) < 4.78 is 23.7. The number of fused-ring (bicyclic) bond motifs is 1. The van der Waals surface area contributed by atoms with Crippen molar-refractivity contribution in [2.45, 2.75) is 6.92 Å². The molecule has 0 unspecified atom stereocenters. The van der Waals surface area contributed by atoms with Crippen LogP contribution in [0.5, 0.6) is 0 Å². The van der Waals surface area contributed by atoms with Crippen LogP contribution in [0.3, 0.4) is 0 Å². The van der Waals surface area contributed by atoms with E-state index in [9.17, 15) is 0 Å². The Morgan fingerprint density at radius 2 is 1.67 bits per heavy atom. The third-order valence-corrected chi connectivity index (χ3v) is 5.54. The molecule has 0 N–H and O–H groups in total. The van der Waals surface area contributed by atoms with E-state index in [2.05, 4.69) is 28.5 Å². The molecule has 1 aromatic heterocycles. The van der Waals surface area contributed by atoms with Gasteiger partial charge in [-0.05, 0) is 23.8 Å². The van der Waals surface area contributed by atoms with Crippen molar-refractivity contribution in [2.24, 2.45) is 0 Å². The molecule has 0 aliphatic carbocycles. The van der Waals surface area contributed by atoms with E-state index in [-0.39, 0.29) is 5.02 Å². The molecular weight excluding hydrogens is 383 g/mol. The molecular formula is C17H14ClFN2S3. The number of thioether (sulfide) groups is 2. The molecule has 2 rings (SSSR count). The monoisotopic (exact) mass is 396 g/mol. The lowest BCUT2D eigenvalue weighted by molar-refractivity contribution is 0.626. The number of nitrogens with zero attached hydrogens (tertiary/aromatic N) is 2. The summed E-state index contributed by atoms with van der Waals surface area (Å²) >= 11 is 10.0. The van der Waals surface area contributed by atoms with Crippen molar-refractivity contribution in [1.82, 2.24) is 8.75 Å². The molecule has 24 heavy (non-hydrogen) atoms. The van der Waals surface area contributed by atoms with E-state index in [0.717, 1.165) is 11.7 Å². The maximum atomic E-state index is 15.1. The summed E-state index contributed by atoms with van der Waals surface area (Å²) in [5.41, 5.74) is 1.90. The van der Waals surface area contributed by atoms with E-state index >= 15 is 4.39 Å². The van der Waals surface area contributed by atoms with Gasteiger partial charge in [-0.3, -0.25) is 0 Å². The molecule has 0 aliphatic heterocycles. The van der Waals surface area contributed by atoms with Crippen molar-refractivity contribution in [3.05, 3.63) is 70.7 Å². The van der Waals surface area contributed by atoms with Crippen LogP contribution in [0.25, 0.3) is 20.8 Å². The number of hydrogen-bond acceptors (Lipinski definition) is 5. The van der Waals surface area contributed by atoms with E-state index in [1.54, 1.807) is 29.0 Å². The van der Waals surface area contributed by atoms with Crippen LogP contribution >= 0.6 is 46.9 Å². The van der Waals surface area contributed by atoms with Crippen molar-refractivity contribution in [3.8, 4) is 0 Å². The lowest BCUT2D eigenvalue weighted by Crippen LogP contribution is -1.97. The van der Waals surface area contributed by atoms with Gasteiger partial charge in [-0.1, -0.05) is 67.0 Å². The zero-order valence-electron chi connectivity index (χ0n) is 12.9. The highest BCUT2D eigenvalue weighted by molar-refractivity contribution is 8.11. The van der Waals surface area contributed by atoms with Gasteiger partial charge in [-0.25, -0.2) is 4.39 Å². The van der Waals surface area contributed by atoms with Gasteiger partial charge in [0.15, 0.2) is 5.82 Å². The zero-order valence-corrected chi connectivity index (χ0v) is 16.1. The van der Waals surface area contributed by atoms with Crippen LogP contribution in [0.15, 0.2) is 48.8 Å². The molecule has 0 amide bonds. The van der Waals surface area contributed by atoms with Crippen molar-refractivity contribution >= 4 is 67.7 Å². The summed E-state index contributed by atoms with van der Waals surface area (Å²) in [6, 6.07) is 0. The molecule has 0 spiro atoms. The molecule has 0 atom stereocenters. The molecule has 1 aromatic carbocycles. The van der Waals surface area contributed by atoms with E-state index in [0.29, 0.717) is 32.0 Å². The van der Waals surface area contributed by atoms with Gasteiger partial charge < -0.3 is 0 Å². The van der Waals surface area contributed by atoms with Crippen LogP contribution in [0.4, 0.5) is 4.39 Å². The number of benzene rings is 1. The quantitative estimate of drug-likeness (QED) is 0.465. The molecule has 2 nitrogen and oxygen atoms in total. The highest BCUT2D eigenvalue weighted by Crippen LogP contribution is 2.44. The van der Waals surface area contributed by atoms with Crippen LogP contribution in [-0.4, -0.2) is 8.75 Å². The van der Waals surface area contributed by atoms with Gasteiger partial charge in [-0.2, -0.15) is 8.75 Å². The fourth-order valence-corrected chi connectivity index (χ4v) is 4.33. The Balaban J connectivity index is 2.88. The van der Waals surface area contributed by atoms with E-state index in [1.807, 2.05) is 6.92 Å². The molecule has 1 heterocycles. The average Bonchev–Trinajstić information content (AvgIpc) is 3.03. The predicted octanol–water partition coefficient (Wildman–Crippen LogP) is 7.12. The van der Waals surface area contributed by atoms with Gasteiger partial charge in [0, 0.05) is 15.4 Å². The first kappa shape index (κ1) is 19.0. The van der Waals surface area contributed by atoms with Crippen molar-refractivity contribution < 1.29 is 4.39 Å². The Morgan fingerprint density at radius 3 is 2.21 bits per heavy atom. The first-order valence-electron chi connectivity index (χ1n) is 6.78. The minimum Gasteiger partial charge on any atom is -0.205 e. The van der Waals surface area contributed by atoms with Crippen molar-refractivity contribution in [2.75, 3.05) is 0 Å². The van der Waals surface area contributed by atoms with Gasteiger partial charge in [0.05, 0.1) is 22.3 Å². The third-order valence-electron chi connectivity index (χ3n) is 3.04. The minimum absolute atomic E-state index is 0.0108. The van der Waals surface area contributed by atoms with E-state index < -0.39 is 5.82 Å². The molecule has 0 fully saturated rings. The van der Waals surface area contributed by atoms with Crippen LogP contribution in [0.1, 0.15) is 18.1 Å². The Hall–Kier alpha value is -1.34. The predicted molar refractivity (Wildman–Crippen MR) is 110 cm³/mol. The molecule has 0 bridgehead atoms. The summed E-state index contributed by atoms with van der Waals surface area (Å²) in [6.45, 7) is 12.9. The van der Waals surface area contributed by atoms with Gasteiger partial charge >= 0.3 is 0 Å². The average molecular weight is 397 g/mol. The second-order valence-corrected chi connectivity index (χ2v) is 7.25. The van der Waals surface area contributed by atoms with E-state index in [4.69, 9.17) is 11.6 Å². The molecule has 0 aliphatic rings. The van der Waals surface area contributed by atoms with Crippen LogP contribution in [0, 0.1) is 5.82 Å². The summed E-state index contributed by atoms with van der Waals surface area (Å²) in [5.74, 6) is -0.519. The topological polar surface area (TPSA) is 25.8 Å². The molecule has 2 aromatic rings. The normalized spacial score (nSPS) is 12.5. The summed E-state index contributed by atoms with van der Waals surface area (Å²) in [4.78, 5) is 1.41. The lowest BCUT2D eigenvalue weighted by atomic mass is 10.1. The Bertz CT molecular complexity index is 868. The number of allylic oxidation sites excluding steroid dienone is 3. The molecule has 7 heteroatoms. The largest absolute Gasteiger partial charge is 0.205 e. The Morgan fingerprint density at radius 1 is 1.08 bits per heavy atom. The second kappa shape index (κ2) is 8.67. The maximum absolute atomic E-state index is 15.1. The standard InChI is InChI=1S/C17H14ClFN2S3/c1-5-9-11(23-8-4)12-14(18)15(19)13(10(6-2)22-7-3)17-16(12)20-24-21-17/h5-9H,1,3-4H2,2H3/b10-6-,11-9-. The van der Waals surface area contributed by atoms with Crippen LogP contribution in [0.2, 0.25) is 5.02 Å². The number of aromatic nitrogens is 2. The molecule has 124 valence electrons. The maximum Gasteiger partial charge on any atom is 0.153 e. The lowest BCUT2D eigenvalue weighted by Gasteiger charge is -2.13. The highest BCUT2D eigenvalue weighted by Gasteiger charge is 2.25. The first-order chi connectivity index (χ1) is 11.6. The summed E-state index contributed by atoms with van der Waals surface area (Å²) in [5, 5.41) is 3.30. The first-order valence-corrected chi connectivity index (χ1v) is 9.65. The summed E-state index contributed by atoms with van der Waals surface area (Å²) in [7, 11) is 0.